The van der Waals surface area contributed by atoms with Gasteiger partial charge in [-0.2, -0.15) is 0 Å². The highest BCUT2D eigenvalue weighted by molar-refractivity contribution is 5.65. The van der Waals surface area contributed by atoms with Crippen LogP contribution in [0, 0.1) is 5.92 Å². The molecule has 1 atom stereocenters. The SMILES string of the molecule is COCC(C)CNc1nc(NN)cn2ccnc12. The standard InChI is InChI=1S/C11H18N6O/c1-8(7-18-2)5-14-10-11-13-3-4-17(11)6-9(15-10)16-12/h3-4,6,8,16H,5,7,12H2,1-2H3,(H,14,15). The van der Waals surface area contributed by atoms with E-state index in [0.29, 0.717) is 24.2 Å². The summed E-state index contributed by atoms with van der Waals surface area (Å²) >= 11 is 0. The summed E-state index contributed by atoms with van der Waals surface area (Å²) in [5.41, 5.74) is 3.31. The van der Waals surface area contributed by atoms with Gasteiger partial charge in [0.05, 0.1) is 12.8 Å². The van der Waals surface area contributed by atoms with Crippen molar-refractivity contribution >= 4 is 17.3 Å². The lowest BCUT2D eigenvalue weighted by atomic mass is 10.2. The van der Waals surface area contributed by atoms with Crippen LogP contribution in [0.2, 0.25) is 0 Å². The number of nitrogen functional groups attached to an aromatic ring is 1. The fraction of sp³-hybridized carbons (Fsp3) is 0.455. The molecule has 2 rings (SSSR count). The topological polar surface area (TPSA) is 89.5 Å². The van der Waals surface area contributed by atoms with Crippen molar-refractivity contribution in [3.63, 3.8) is 0 Å². The molecule has 0 aromatic carbocycles. The summed E-state index contributed by atoms with van der Waals surface area (Å²) < 4.78 is 6.96. The predicted octanol–water partition coefficient (Wildman–Crippen LogP) is 0.709. The second kappa shape index (κ2) is 5.65. The first kappa shape index (κ1) is 12.6. The maximum Gasteiger partial charge on any atom is 0.180 e. The van der Waals surface area contributed by atoms with Gasteiger partial charge in [-0.25, -0.2) is 15.8 Å². The van der Waals surface area contributed by atoms with E-state index in [4.69, 9.17) is 10.6 Å². The van der Waals surface area contributed by atoms with Gasteiger partial charge in [0.1, 0.15) is 0 Å². The van der Waals surface area contributed by atoms with Crippen LogP contribution in [0.5, 0.6) is 0 Å². The Balaban J connectivity index is 2.18. The Bertz CT molecular complexity index is 511. The number of hydrazine groups is 1. The highest BCUT2D eigenvalue weighted by Crippen LogP contribution is 2.16. The van der Waals surface area contributed by atoms with Crippen molar-refractivity contribution in [2.24, 2.45) is 11.8 Å². The van der Waals surface area contributed by atoms with Crippen LogP contribution >= 0.6 is 0 Å². The lowest BCUT2D eigenvalue weighted by Gasteiger charge is -2.13. The Morgan fingerprint density at radius 2 is 2.39 bits per heavy atom. The number of methoxy groups -OCH3 is 1. The fourth-order valence-corrected chi connectivity index (χ4v) is 1.73. The first-order chi connectivity index (χ1) is 8.74. The van der Waals surface area contributed by atoms with Crippen molar-refractivity contribution in [2.45, 2.75) is 6.92 Å². The van der Waals surface area contributed by atoms with Gasteiger partial charge in [-0.3, -0.25) is 0 Å². The minimum atomic E-state index is 0.390. The van der Waals surface area contributed by atoms with E-state index in [2.05, 4.69) is 27.6 Å². The van der Waals surface area contributed by atoms with Crippen molar-refractivity contribution in [3.05, 3.63) is 18.6 Å². The number of ether oxygens (including phenoxy) is 1. The largest absolute Gasteiger partial charge is 0.384 e. The normalized spacial score (nSPS) is 12.6. The van der Waals surface area contributed by atoms with Crippen LogP contribution in [0.4, 0.5) is 11.6 Å². The Labute approximate surface area is 105 Å². The highest BCUT2D eigenvalue weighted by Gasteiger charge is 2.08. The summed E-state index contributed by atoms with van der Waals surface area (Å²) in [4.78, 5) is 8.61. The minimum absolute atomic E-state index is 0.390. The molecule has 4 N–H and O–H groups in total. The van der Waals surface area contributed by atoms with E-state index in [0.717, 1.165) is 12.2 Å². The summed E-state index contributed by atoms with van der Waals surface area (Å²) in [5.74, 6) is 7.07. The lowest BCUT2D eigenvalue weighted by Crippen LogP contribution is -2.18. The van der Waals surface area contributed by atoms with Gasteiger partial charge in [0, 0.05) is 26.0 Å². The molecule has 0 radical (unpaired) electrons. The summed E-state index contributed by atoms with van der Waals surface area (Å²) in [7, 11) is 1.69. The Morgan fingerprint density at radius 3 is 3.11 bits per heavy atom. The number of nitrogens with two attached hydrogens (primary N) is 1. The van der Waals surface area contributed by atoms with Gasteiger partial charge in [-0.1, -0.05) is 6.92 Å². The molecule has 18 heavy (non-hydrogen) atoms. The quantitative estimate of drug-likeness (QED) is 0.517. The molecule has 2 aromatic rings. The van der Waals surface area contributed by atoms with E-state index in [-0.39, 0.29) is 0 Å². The van der Waals surface area contributed by atoms with E-state index in [1.54, 1.807) is 19.5 Å². The summed E-state index contributed by atoms with van der Waals surface area (Å²) in [5, 5.41) is 3.26. The van der Waals surface area contributed by atoms with Crippen LogP contribution in [-0.2, 0) is 4.74 Å². The Morgan fingerprint density at radius 1 is 1.56 bits per heavy atom. The number of imidazole rings is 1. The minimum Gasteiger partial charge on any atom is -0.384 e. The average molecular weight is 250 g/mol. The van der Waals surface area contributed by atoms with Crippen LogP contribution in [0.25, 0.3) is 5.65 Å². The molecule has 0 amide bonds. The molecule has 2 aromatic heterocycles. The summed E-state index contributed by atoms with van der Waals surface area (Å²) in [6.45, 7) is 3.56. The number of aromatic nitrogens is 3. The van der Waals surface area contributed by atoms with Crippen molar-refractivity contribution in [3.8, 4) is 0 Å². The van der Waals surface area contributed by atoms with Crippen molar-refractivity contribution < 1.29 is 4.74 Å². The number of anilines is 2. The molecule has 0 aliphatic rings. The molecular weight excluding hydrogens is 232 g/mol. The molecule has 98 valence electrons. The van der Waals surface area contributed by atoms with Gasteiger partial charge in [-0.15, -0.1) is 0 Å². The number of nitrogens with one attached hydrogen (secondary N) is 2. The first-order valence-corrected chi connectivity index (χ1v) is 5.77. The van der Waals surface area contributed by atoms with Crippen molar-refractivity contribution in [1.82, 2.24) is 14.4 Å². The number of hydrogen-bond donors (Lipinski definition) is 3. The van der Waals surface area contributed by atoms with Gasteiger partial charge in [-0.05, 0) is 5.92 Å². The molecule has 1 unspecified atom stereocenters. The Hall–Kier alpha value is -1.86. The smallest absolute Gasteiger partial charge is 0.180 e. The molecule has 7 heteroatoms. The number of fused-ring (bicyclic) bond motifs is 1. The van der Waals surface area contributed by atoms with Crippen LogP contribution < -0.4 is 16.6 Å². The Kier molecular flexibility index (Phi) is 3.96. The predicted molar refractivity (Wildman–Crippen MR) is 70.3 cm³/mol. The van der Waals surface area contributed by atoms with Gasteiger partial charge in [0.15, 0.2) is 17.3 Å². The number of nitrogens with zero attached hydrogens (tertiary/aromatic N) is 3. The van der Waals surface area contributed by atoms with Crippen LogP contribution in [0.15, 0.2) is 18.6 Å². The number of rotatable bonds is 6. The molecule has 7 nitrogen and oxygen atoms in total. The first-order valence-electron chi connectivity index (χ1n) is 5.77. The third-order valence-corrected chi connectivity index (χ3v) is 2.59. The second-order valence-corrected chi connectivity index (χ2v) is 4.22. The summed E-state index contributed by atoms with van der Waals surface area (Å²) in [6, 6.07) is 0. The van der Waals surface area contributed by atoms with E-state index >= 15 is 0 Å². The average Bonchev–Trinajstić information content (AvgIpc) is 2.84. The van der Waals surface area contributed by atoms with E-state index in [9.17, 15) is 0 Å². The van der Waals surface area contributed by atoms with Gasteiger partial charge in [0.2, 0.25) is 0 Å². The molecule has 0 bridgehead atoms. The third-order valence-electron chi connectivity index (χ3n) is 2.59. The van der Waals surface area contributed by atoms with Gasteiger partial charge < -0.3 is 19.9 Å². The second-order valence-electron chi connectivity index (χ2n) is 4.22. The van der Waals surface area contributed by atoms with E-state index < -0.39 is 0 Å². The maximum absolute atomic E-state index is 5.39. The van der Waals surface area contributed by atoms with E-state index in [1.165, 1.54) is 0 Å². The van der Waals surface area contributed by atoms with E-state index in [1.807, 2.05) is 10.6 Å². The third kappa shape index (κ3) is 2.69. The molecule has 0 aliphatic carbocycles. The lowest BCUT2D eigenvalue weighted by molar-refractivity contribution is 0.164. The van der Waals surface area contributed by atoms with Crippen LogP contribution in [0.3, 0.4) is 0 Å². The fourth-order valence-electron chi connectivity index (χ4n) is 1.73. The highest BCUT2D eigenvalue weighted by atomic mass is 16.5. The zero-order chi connectivity index (χ0) is 13.0. The van der Waals surface area contributed by atoms with Crippen LogP contribution in [0.1, 0.15) is 6.92 Å². The van der Waals surface area contributed by atoms with Crippen LogP contribution in [-0.4, -0.2) is 34.6 Å². The maximum atomic E-state index is 5.39. The number of hydrogen-bond acceptors (Lipinski definition) is 6. The van der Waals surface area contributed by atoms with Crippen molar-refractivity contribution in [1.29, 1.82) is 0 Å². The molecule has 0 saturated carbocycles. The van der Waals surface area contributed by atoms with Gasteiger partial charge >= 0.3 is 0 Å². The van der Waals surface area contributed by atoms with Gasteiger partial charge in [0.25, 0.3) is 0 Å². The zero-order valence-electron chi connectivity index (χ0n) is 10.6. The molecule has 0 saturated heterocycles. The monoisotopic (exact) mass is 250 g/mol. The summed E-state index contributed by atoms with van der Waals surface area (Å²) in [6.07, 6.45) is 5.36. The molecule has 0 spiro atoms. The zero-order valence-corrected chi connectivity index (χ0v) is 10.6. The molecular formula is C11H18N6O. The molecule has 0 aliphatic heterocycles. The molecule has 2 heterocycles. The molecule has 0 fully saturated rings. The van der Waals surface area contributed by atoms with Crippen molar-refractivity contribution in [2.75, 3.05) is 31.0 Å².